The van der Waals surface area contributed by atoms with E-state index in [0.717, 1.165) is 111 Å². The lowest BCUT2D eigenvalue weighted by atomic mass is 9.82. The highest BCUT2D eigenvalue weighted by atomic mass is 19.4. The number of likely N-dealkylation sites (N-methyl/N-ethyl adjacent to an activating group) is 1. The van der Waals surface area contributed by atoms with Crippen molar-refractivity contribution in [3.63, 3.8) is 0 Å². The number of hydrogen-bond acceptors (Lipinski definition) is 11. The molecule has 4 aromatic heterocycles. The van der Waals surface area contributed by atoms with E-state index in [9.17, 15) is 26.3 Å². The van der Waals surface area contributed by atoms with Gasteiger partial charge >= 0.3 is 24.4 Å². The van der Waals surface area contributed by atoms with Crippen LogP contribution in [-0.2, 0) is 18.8 Å². The maximum Gasteiger partial charge on any atom is 0.416 e. The molecule has 0 spiro atoms. The number of piperidine rings is 2. The Morgan fingerprint density at radius 2 is 1.27 bits per heavy atom. The highest BCUT2D eigenvalue weighted by molar-refractivity contribution is 5.78. The fraction of sp³-hybridized carbons (Fsp3) is 0.377. The Morgan fingerprint density at radius 3 is 1.86 bits per heavy atom. The molecule has 2 saturated heterocycles. The van der Waals surface area contributed by atoms with Gasteiger partial charge in [0.25, 0.3) is 0 Å². The van der Waals surface area contributed by atoms with Crippen LogP contribution in [-0.4, -0.2) is 102 Å². The van der Waals surface area contributed by atoms with E-state index >= 15 is 0 Å². The number of likely N-dealkylation sites (tertiary alicyclic amines) is 1. The lowest BCUT2D eigenvalue weighted by Crippen LogP contribution is -2.38. The fourth-order valence-electron chi connectivity index (χ4n) is 11.1. The average Bonchev–Trinajstić information content (AvgIpc) is 4.10. The standard InChI is InChI=1S/C61H65F6N11O2/c1-7-41-30-38(2)31-49(33-41)79-58-69-24-19-51(73-58)57-55(43-12-16-47(17-13-43)61(65,66)67)72-37-78(57)52-20-23-68-35-45(52)32-40(4)44-9-8-39(3)53(34-44)80-59-70-25-18-50(74-59)56-54(42-10-14-46(15-11-42)60(62,63)64)71-36-77(56)48-21-26-76(27-22-48)29-28-75(5)6/h8-19,24-25,30-31,33-34,36-37,40,45,48,52,68H,7,20-23,26-29,32,35H2,1-6H3. The topological polar surface area (TPSA) is 124 Å². The van der Waals surface area contributed by atoms with Crippen LogP contribution in [0, 0.1) is 19.8 Å². The van der Waals surface area contributed by atoms with Gasteiger partial charge in [-0.2, -0.15) is 36.3 Å². The van der Waals surface area contributed by atoms with Gasteiger partial charge in [0, 0.05) is 61.8 Å². The minimum Gasteiger partial charge on any atom is -0.424 e. The molecule has 6 heterocycles. The van der Waals surface area contributed by atoms with Gasteiger partial charge in [0.05, 0.1) is 57.9 Å². The molecule has 418 valence electrons. The average molecular weight is 1100 g/mol. The number of nitrogens with one attached hydrogen (secondary N) is 1. The van der Waals surface area contributed by atoms with Crippen molar-refractivity contribution in [2.24, 2.45) is 5.92 Å². The molecule has 1 N–H and O–H groups in total. The second kappa shape index (κ2) is 23.7. The molecule has 13 nitrogen and oxygen atoms in total. The van der Waals surface area contributed by atoms with Crippen molar-refractivity contribution in [2.75, 3.05) is 53.4 Å². The molecule has 2 aliphatic rings. The summed E-state index contributed by atoms with van der Waals surface area (Å²) in [5.41, 5.74) is 6.94. The van der Waals surface area contributed by atoms with Crippen molar-refractivity contribution in [1.29, 1.82) is 0 Å². The molecule has 19 heteroatoms. The van der Waals surface area contributed by atoms with Crippen molar-refractivity contribution in [3.8, 4) is 68.8 Å². The van der Waals surface area contributed by atoms with Crippen LogP contribution < -0.4 is 14.8 Å². The monoisotopic (exact) mass is 1100 g/mol. The van der Waals surface area contributed by atoms with Crippen molar-refractivity contribution in [1.82, 2.24) is 54.2 Å². The maximum absolute atomic E-state index is 13.8. The largest absolute Gasteiger partial charge is 0.424 e. The van der Waals surface area contributed by atoms with E-state index in [-0.39, 0.29) is 35.9 Å². The molecule has 8 aromatic rings. The van der Waals surface area contributed by atoms with Gasteiger partial charge in [-0.25, -0.2) is 19.9 Å². The van der Waals surface area contributed by atoms with Crippen molar-refractivity contribution < 1.29 is 35.8 Å². The number of ether oxygens (including phenoxy) is 2. The van der Waals surface area contributed by atoms with Crippen LogP contribution in [0.15, 0.2) is 122 Å². The summed E-state index contributed by atoms with van der Waals surface area (Å²) < 4.78 is 99.5. The summed E-state index contributed by atoms with van der Waals surface area (Å²) >= 11 is 0. The predicted molar refractivity (Wildman–Crippen MR) is 296 cm³/mol. The number of benzene rings is 4. The molecule has 0 saturated carbocycles. The van der Waals surface area contributed by atoms with Crippen LogP contribution in [0.25, 0.3) is 45.3 Å². The third-order valence-electron chi connectivity index (χ3n) is 15.4. The normalized spacial score (nSPS) is 17.0. The Balaban J connectivity index is 0.926. The molecular weight excluding hydrogens is 1030 g/mol. The Kier molecular flexibility index (Phi) is 16.5. The van der Waals surface area contributed by atoms with Gasteiger partial charge in [-0.15, -0.1) is 0 Å². The molecule has 0 bridgehead atoms. The van der Waals surface area contributed by atoms with Gasteiger partial charge in [0.15, 0.2) is 0 Å². The summed E-state index contributed by atoms with van der Waals surface area (Å²) in [6, 6.07) is 26.0. The summed E-state index contributed by atoms with van der Waals surface area (Å²) in [5, 5.41) is 3.61. The predicted octanol–water partition coefficient (Wildman–Crippen LogP) is 13.7. The maximum atomic E-state index is 13.8. The highest BCUT2D eigenvalue weighted by Crippen LogP contribution is 2.43. The zero-order chi connectivity index (χ0) is 56.3. The lowest BCUT2D eigenvalue weighted by molar-refractivity contribution is -0.138. The van der Waals surface area contributed by atoms with Crippen LogP contribution in [0.5, 0.6) is 23.5 Å². The SMILES string of the molecule is CCc1cc(C)cc(Oc2nccc(-c3c(-c4ccc(C(F)(F)F)cc4)ncn3C3CCNCC3CC(C)c3ccc(C)c(Oc4nccc(-c5c(-c6ccc(C(F)(F)F)cc6)ncn5C5CCN(CCN(C)C)CC5)n4)c3)n2)c1. The van der Waals surface area contributed by atoms with Crippen molar-refractivity contribution in [3.05, 3.63) is 155 Å². The second-order valence-corrected chi connectivity index (χ2v) is 21.4. The van der Waals surface area contributed by atoms with Gasteiger partial charge < -0.3 is 33.7 Å². The molecule has 10 rings (SSSR count). The molecule has 80 heavy (non-hydrogen) atoms. The highest BCUT2D eigenvalue weighted by Gasteiger charge is 2.35. The van der Waals surface area contributed by atoms with E-state index in [2.05, 4.69) is 74.3 Å². The molecule has 3 unspecified atom stereocenters. The summed E-state index contributed by atoms with van der Waals surface area (Å²) in [6.45, 7) is 13.3. The summed E-state index contributed by atoms with van der Waals surface area (Å²) in [7, 11) is 4.13. The van der Waals surface area contributed by atoms with E-state index in [1.54, 1.807) is 37.2 Å². The number of rotatable bonds is 17. The van der Waals surface area contributed by atoms with Crippen molar-refractivity contribution >= 4 is 0 Å². The zero-order valence-corrected chi connectivity index (χ0v) is 45.7. The number of nitrogens with zero attached hydrogens (tertiary/aromatic N) is 10. The van der Waals surface area contributed by atoms with Crippen LogP contribution in [0.3, 0.4) is 0 Å². The molecule has 3 atom stereocenters. The van der Waals surface area contributed by atoms with Crippen LogP contribution in [0.1, 0.15) is 90.9 Å². The van der Waals surface area contributed by atoms with Gasteiger partial charge in [-0.1, -0.05) is 56.3 Å². The van der Waals surface area contributed by atoms with Crippen LogP contribution in [0.4, 0.5) is 26.3 Å². The first-order valence-electron chi connectivity index (χ1n) is 27.2. The quantitative estimate of drug-likeness (QED) is 0.0877. The van der Waals surface area contributed by atoms with Gasteiger partial charge in [-0.05, 0) is 162 Å². The van der Waals surface area contributed by atoms with Gasteiger partial charge in [0.1, 0.15) is 11.5 Å². The number of alkyl halides is 6. The molecular formula is C61H65F6N11O2. The smallest absolute Gasteiger partial charge is 0.416 e. The van der Waals surface area contributed by atoms with E-state index < -0.39 is 23.5 Å². The first-order chi connectivity index (χ1) is 38.4. The lowest BCUT2D eigenvalue weighted by Gasteiger charge is -2.35. The molecule has 2 fully saturated rings. The molecule has 0 aliphatic carbocycles. The summed E-state index contributed by atoms with van der Waals surface area (Å²) in [5.74, 6) is 1.27. The van der Waals surface area contributed by atoms with E-state index in [1.165, 1.54) is 24.3 Å². The number of aryl methyl sites for hydroxylation is 3. The van der Waals surface area contributed by atoms with Crippen LogP contribution in [0.2, 0.25) is 0 Å². The summed E-state index contributed by atoms with van der Waals surface area (Å²) in [6.07, 6.45) is 1.84. The van der Waals surface area contributed by atoms with Crippen molar-refractivity contribution in [2.45, 2.75) is 90.2 Å². The fourth-order valence-corrected chi connectivity index (χ4v) is 11.1. The minimum absolute atomic E-state index is 0.0234. The van der Waals surface area contributed by atoms with Gasteiger partial charge in [0.2, 0.25) is 0 Å². The molecule has 0 amide bonds. The number of halogens is 6. The molecule has 4 aromatic carbocycles. The first kappa shape index (κ1) is 55.8. The Hall–Kier alpha value is -7.48. The van der Waals surface area contributed by atoms with E-state index in [0.29, 0.717) is 63.3 Å². The number of imidazole rings is 2. The van der Waals surface area contributed by atoms with Crippen LogP contribution >= 0.6 is 0 Å². The molecule has 2 aliphatic heterocycles. The first-order valence-corrected chi connectivity index (χ1v) is 27.2. The van der Waals surface area contributed by atoms with E-state index in [4.69, 9.17) is 29.4 Å². The Labute approximate surface area is 462 Å². The van der Waals surface area contributed by atoms with E-state index in [1.807, 2.05) is 38.1 Å². The van der Waals surface area contributed by atoms with Gasteiger partial charge in [-0.3, -0.25) is 0 Å². The summed E-state index contributed by atoms with van der Waals surface area (Å²) in [4.78, 5) is 33.2. The zero-order valence-electron chi connectivity index (χ0n) is 45.7. The third-order valence-corrected chi connectivity index (χ3v) is 15.4. The molecule has 0 radical (unpaired) electrons. The number of hydrogen-bond donors (Lipinski definition) is 1. The Bertz CT molecular complexity index is 3400. The third kappa shape index (κ3) is 12.7. The second-order valence-electron chi connectivity index (χ2n) is 21.4. The number of aromatic nitrogens is 8. The minimum atomic E-state index is -4.50. The Morgan fingerprint density at radius 1 is 0.688 bits per heavy atom.